The molecule has 0 radical (unpaired) electrons. The summed E-state index contributed by atoms with van der Waals surface area (Å²) in [6.07, 6.45) is 1.79. The highest BCUT2D eigenvalue weighted by Crippen LogP contribution is 2.26. The van der Waals surface area contributed by atoms with Crippen molar-refractivity contribution in [1.29, 1.82) is 0 Å². The van der Waals surface area contributed by atoms with E-state index in [4.69, 9.17) is 4.74 Å². The van der Waals surface area contributed by atoms with Crippen molar-refractivity contribution < 1.29 is 9.53 Å². The number of rotatable bonds is 4. The quantitative estimate of drug-likeness (QED) is 0.557. The van der Waals surface area contributed by atoms with Gasteiger partial charge in [-0.25, -0.2) is 0 Å². The Bertz CT molecular complexity index is 330. The summed E-state index contributed by atoms with van der Waals surface area (Å²) in [7, 11) is 1.41. The Balaban J connectivity index is 2.89. The maximum atomic E-state index is 11.4. The molecular formula is C13H16O2. The zero-order chi connectivity index (χ0) is 11.3. The van der Waals surface area contributed by atoms with Gasteiger partial charge in [-0.15, -0.1) is 6.58 Å². The fourth-order valence-electron chi connectivity index (χ4n) is 1.64. The molecule has 80 valence electrons. The van der Waals surface area contributed by atoms with Crippen LogP contribution in [0.2, 0.25) is 0 Å². The summed E-state index contributed by atoms with van der Waals surface area (Å²) in [4.78, 5) is 11.4. The average Bonchev–Trinajstić information content (AvgIpc) is 2.30. The molecular weight excluding hydrogens is 188 g/mol. The van der Waals surface area contributed by atoms with Crippen LogP contribution in [-0.2, 0) is 9.53 Å². The van der Waals surface area contributed by atoms with Gasteiger partial charge in [0.1, 0.15) is 0 Å². The molecule has 0 aliphatic rings. The molecule has 0 amide bonds. The molecule has 1 aromatic carbocycles. The first-order valence-corrected chi connectivity index (χ1v) is 4.96. The summed E-state index contributed by atoms with van der Waals surface area (Å²) in [6.45, 7) is 5.62. The smallest absolute Gasteiger partial charge is 0.309 e. The van der Waals surface area contributed by atoms with E-state index >= 15 is 0 Å². The van der Waals surface area contributed by atoms with Gasteiger partial charge in [-0.3, -0.25) is 4.79 Å². The standard InChI is InChI=1S/C13H16O2/c1-4-12(10(2)13(14)15-3)11-8-6-5-7-9-11/h4-10,12H,1H2,2-3H3/t10-,12-/m0/s1. The van der Waals surface area contributed by atoms with E-state index in [0.717, 1.165) is 5.56 Å². The summed E-state index contributed by atoms with van der Waals surface area (Å²) in [5.41, 5.74) is 1.09. The summed E-state index contributed by atoms with van der Waals surface area (Å²) < 4.78 is 4.73. The van der Waals surface area contributed by atoms with E-state index < -0.39 is 0 Å². The molecule has 0 unspecified atom stereocenters. The average molecular weight is 204 g/mol. The lowest BCUT2D eigenvalue weighted by molar-refractivity contribution is -0.145. The lowest BCUT2D eigenvalue weighted by Gasteiger charge is -2.18. The fourth-order valence-corrected chi connectivity index (χ4v) is 1.64. The Labute approximate surface area is 90.6 Å². The highest BCUT2D eigenvalue weighted by atomic mass is 16.5. The number of hydrogen-bond acceptors (Lipinski definition) is 2. The van der Waals surface area contributed by atoms with Crippen LogP contribution in [-0.4, -0.2) is 13.1 Å². The first-order valence-electron chi connectivity index (χ1n) is 4.96. The molecule has 0 fully saturated rings. The molecule has 15 heavy (non-hydrogen) atoms. The van der Waals surface area contributed by atoms with Gasteiger partial charge in [0, 0.05) is 5.92 Å². The van der Waals surface area contributed by atoms with Gasteiger partial charge in [-0.05, 0) is 5.56 Å². The van der Waals surface area contributed by atoms with Crippen LogP contribution < -0.4 is 0 Å². The molecule has 0 N–H and O–H groups in total. The van der Waals surface area contributed by atoms with E-state index in [1.807, 2.05) is 37.3 Å². The lowest BCUT2D eigenvalue weighted by atomic mass is 9.87. The van der Waals surface area contributed by atoms with E-state index in [1.165, 1.54) is 7.11 Å². The van der Waals surface area contributed by atoms with Gasteiger partial charge < -0.3 is 4.74 Å². The van der Waals surface area contributed by atoms with E-state index in [9.17, 15) is 4.79 Å². The van der Waals surface area contributed by atoms with Crippen molar-refractivity contribution in [3.8, 4) is 0 Å². The Morgan fingerprint density at radius 2 is 2.00 bits per heavy atom. The predicted octanol–water partition coefficient (Wildman–Crippen LogP) is 2.77. The SMILES string of the molecule is C=C[C@H](c1ccccc1)[C@H](C)C(=O)OC. The third-order valence-electron chi connectivity index (χ3n) is 2.55. The molecule has 2 heteroatoms. The molecule has 0 spiro atoms. The van der Waals surface area contributed by atoms with Crippen molar-refractivity contribution in [3.63, 3.8) is 0 Å². The van der Waals surface area contributed by atoms with Crippen LogP contribution in [0.4, 0.5) is 0 Å². The first-order chi connectivity index (χ1) is 7.20. The minimum atomic E-state index is -0.205. The summed E-state index contributed by atoms with van der Waals surface area (Å²) in [6, 6.07) is 9.84. The van der Waals surface area contributed by atoms with Gasteiger partial charge in [-0.1, -0.05) is 43.3 Å². The van der Waals surface area contributed by atoms with Gasteiger partial charge in [0.05, 0.1) is 13.0 Å². The predicted molar refractivity (Wildman–Crippen MR) is 60.6 cm³/mol. The van der Waals surface area contributed by atoms with Gasteiger partial charge >= 0.3 is 5.97 Å². The van der Waals surface area contributed by atoms with Crippen LogP contribution in [0.3, 0.4) is 0 Å². The van der Waals surface area contributed by atoms with Gasteiger partial charge in [0.15, 0.2) is 0 Å². The molecule has 1 rings (SSSR count). The van der Waals surface area contributed by atoms with Crippen molar-refractivity contribution in [2.75, 3.05) is 7.11 Å². The molecule has 2 nitrogen and oxygen atoms in total. The minimum Gasteiger partial charge on any atom is -0.469 e. The molecule has 0 aliphatic heterocycles. The summed E-state index contributed by atoms with van der Waals surface area (Å²) in [5.74, 6) is -0.391. The van der Waals surface area contributed by atoms with Crippen LogP contribution in [0.1, 0.15) is 18.4 Å². The normalized spacial score (nSPS) is 14.0. The van der Waals surface area contributed by atoms with Crippen molar-refractivity contribution >= 4 is 5.97 Å². The van der Waals surface area contributed by atoms with Crippen molar-refractivity contribution in [2.24, 2.45) is 5.92 Å². The molecule has 1 aromatic rings. The maximum absolute atomic E-state index is 11.4. The zero-order valence-electron chi connectivity index (χ0n) is 9.14. The number of carbonyl (C=O) groups excluding carboxylic acids is 1. The molecule has 0 aromatic heterocycles. The fraction of sp³-hybridized carbons (Fsp3) is 0.308. The van der Waals surface area contributed by atoms with Gasteiger partial charge in [0.2, 0.25) is 0 Å². The Morgan fingerprint density at radius 1 is 1.40 bits per heavy atom. The van der Waals surface area contributed by atoms with Gasteiger partial charge in [0.25, 0.3) is 0 Å². The second-order valence-corrected chi connectivity index (χ2v) is 3.48. The lowest BCUT2D eigenvalue weighted by Crippen LogP contribution is -2.19. The van der Waals surface area contributed by atoms with Crippen LogP contribution in [0, 0.1) is 5.92 Å². The van der Waals surface area contributed by atoms with Crippen molar-refractivity contribution in [3.05, 3.63) is 48.6 Å². The van der Waals surface area contributed by atoms with Crippen LogP contribution >= 0.6 is 0 Å². The highest BCUT2D eigenvalue weighted by Gasteiger charge is 2.23. The van der Waals surface area contributed by atoms with Gasteiger partial charge in [-0.2, -0.15) is 0 Å². The molecule has 0 bridgehead atoms. The van der Waals surface area contributed by atoms with Crippen molar-refractivity contribution in [1.82, 2.24) is 0 Å². The zero-order valence-corrected chi connectivity index (χ0v) is 9.14. The molecule has 2 atom stereocenters. The number of methoxy groups -OCH3 is 1. The van der Waals surface area contributed by atoms with E-state index in [1.54, 1.807) is 6.08 Å². The number of allylic oxidation sites excluding steroid dienone is 1. The van der Waals surface area contributed by atoms with Crippen LogP contribution in [0.25, 0.3) is 0 Å². The van der Waals surface area contributed by atoms with Crippen LogP contribution in [0.15, 0.2) is 43.0 Å². The maximum Gasteiger partial charge on any atom is 0.309 e. The minimum absolute atomic E-state index is 0.0126. The van der Waals surface area contributed by atoms with Crippen LogP contribution in [0.5, 0.6) is 0 Å². The van der Waals surface area contributed by atoms with E-state index in [-0.39, 0.29) is 17.8 Å². The Morgan fingerprint density at radius 3 is 2.47 bits per heavy atom. The number of carbonyl (C=O) groups is 1. The second kappa shape index (κ2) is 5.35. The van der Waals surface area contributed by atoms with Crippen molar-refractivity contribution in [2.45, 2.75) is 12.8 Å². The van der Waals surface area contributed by atoms with E-state index in [2.05, 4.69) is 6.58 Å². The molecule has 0 aliphatic carbocycles. The van der Waals surface area contributed by atoms with E-state index in [0.29, 0.717) is 0 Å². The molecule has 0 heterocycles. The number of esters is 1. The monoisotopic (exact) mass is 204 g/mol. The number of hydrogen-bond donors (Lipinski definition) is 0. The summed E-state index contributed by atoms with van der Waals surface area (Å²) in [5, 5.41) is 0. The molecule has 0 saturated carbocycles. The Kier molecular flexibility index (Phi) is 4.10. The Hall–Kier alpha value is -1.57. The molecule has 0 saturated heterocycles. The third kappa shape index (κ3) is 2.69. The second-order valence-electron chi connectivity index (χ2n) is 3.48. The summed E-state index contributed by atoms with van der Waals surface area (Å²) >= 11 is 0. The largest absolute Gasteiger partial charge is 0.469 e. The third-order valence-corrected chi connectivity index (χ3v) is 2.55. The first kappa shape index (κ1) is 11.5. The highest BCUT2D eigenvalue weighted by molar-refractivity contribution is 5.73. The number of ether oxygens (including phenoxy) is 1. The number of benzene rings is 1. The topological polar surface area (TPSA) is 26.3 Å².